The van der Waals surface area contributed by atoms with Crippen LogP contribution in [0.5, 0.6) is 0 Å². The normalized spacial score (nSPS) is 15.8. The van der Waals surface area contributed by atoms with E-state index in [0.29, 0.717) is 6.26 Å². The fourth-order valence-corrected chi connectivity index (χ4v) is 2.33. The van der Waals surface area contributed by atoms with Crippen molar-refractivity contribution >= 4 is 38.8 Å². The first kappa shape index (κ1) is 14.4. The van der Waals surface area contributed by atoms with Crippen LogP contribution in [0.15, 0.2) is 10.8 Å². The van der Waals surface area contributed by atoms with Crippen molar-refractivity contribution in [1.29, 1.82) is 0 Å². The van der Waals surface area contributed by atoms with Crippen LogP contribution in [0.1, 0.15) is 0 Å². The zero-order valence-electron chi connectivity index (χ0n) is 6.66. The second-order valence-corrected chi connectivity index (χ2v) is 5.83. The highest BCUT2D eigenvalue weighted by atomic mass is 35.5. The predicted molar refractivity (Wildman–Crippen MR) is 48.6 cm³/mol. The molecule has 0 aliphatic rings. The number of phosphoric ester groups is 1. The molecule has 0 aromatic heterocycles. The zero-order valence-corrected chi connectivity index (χ0v) is 9.96. The van der Waals surface area contributed by atoms with Crippen LogP contribution in [0.3, 0.4) is 0 Å². The van der Waals surface area contributed by atoms with Crippen molar-refractivity contribution in [3.05, 3.63) is 10.8 Å². The van der Waals surface area contributed by atoms with Gasteiger partial charge in [0.1, 0.15) is 10.8 Å². The third-order valence-corrected chi connectivity index (χ3v) is 3.34. The molecule has 0 fully saturated rings. The van der Waals surface area contributed by atoms with Gasteiger partial charge in [0.05, 0.1) is 0 Å². The summed E-state index contributed by atoms with van der Waals surface area (Å²) in [5.41, 5.74) is 0. The van der Waals surface area contributed by atoms with Crippen molar-refractivity contribution in [2.24, 2.45) is 0 Å². The minimum atomic E-state index is -4.99. The largest absolute Gasteiger partial charge is 0.538 e. The number of hydrogen-bond acceptors (Lipinski definition) is 5. The van der Waals surface area contributed by atoms with Crippen molar-refractivity contribution in [2.75, 3.05) is 7.11 Å². The maximum atomic E-state index is 11.2. The lowest BCUT2D eigenvalue weighted by molar-refractivity contribution is 0.195. The molecule has 0 aromatic rings. The lowest BCUT2D eigenvalue weighted by Crippen LogP contribution is -1.92. The van der Waals surface area contributed by atoms with E-state index in [0.717, 1.165) is 7.11 Å². The Morgan fingerprint density at radius 1 is 1.36 bits per heavy atom. The maximum absolute atomic E-state index is 11.2. The van der Waals surface area contributed by atoms with Crippen LogP contribution >= 0.6 is 38.8 Å². The van der Waals surface area contributed by atoms with E-state index in [9.17, 15) is 9.13 Å². The van der Waals surface area contributed by atoms with Crippen LogP contribution in [0.2, 0.25) is 0 Å². The fourth-order valence-electron chi connectivity index (χ4n) is 0.330. The van der Waals surface area contributed by atoms with Gasteiger partial charge in [-0.2, -0.15) is 4.31 Å². The van der Waals surface area contributed by atoms with Crippen molar-refractivity contribution in [3.63, 3.8) is 0 Å². The first-order chi connectivity index (χ1) is 6.18. The molecule has 0 amide bonds. The number of rotatable bonds is 5. The molecule has 0 saturated heterocycles. The number of halogens is 2. The molecule has 0 aromatic carbocycles. The molecule has 0 radical (unpaired) electrons. The van der Waals surface area contributed by atoms with E-state index < -0.39 is 20.1 Å². The third kappa shape index (κ3) is 6.81. The first-order valence-electron chi connectivity index (χ1n) is 2.81. The molecule has 0 saturated carbocycles. The molecule has 84 valence electrons. The van der Waals surface area contributed by atoms with Gasteiger partial charge < -0.3 is 14.3 Å². The van der Waals surface area contributed by atoms with Gasteiger partial charge in [-0.25, -0.2) is 9.13 Å². The Balaban J connectivity index is 4.58. The maximum Gasteiger partial charge on any atom is 0.538 e. The van der Waals surface area contributed by atoms with Crippen molar-refractivity contribution < 1.29 is 32.3 Å². The third-order valence-electron chi connectivity index (χ3n) is 0.701. The molecule has 2 N–H and O–H groups in total. The average molecular weight is 287 g/mol. The molecular weight excluding hydrogens is 281 g/mol. The van der Waals surface area contributed by atoms with E-state index in [1.54, 1.807) is 0 Å². The van der Waals surface area contributed by atoms with E-state index in [2.05, 4.69) is 13.4 Å². The molecule has 14 heavy (non-hydrogen) atoms. The summed E-state index contributed by atoms with van der Waals surface area (Å²) in [5.74, 6) is 0. The van der Waals surface area contributed by atoms with E-state index in [1.807, 2.05) is 0 Å². The Morgan fingerprint density at radius 2 is 1.86 bits per heavy atom. The highest BCUT2D eigenvalue weighted by molar-refractivity contribution is 7.61. The fraction of sp³-hybridized carbons (Fsp3) is 0.333. The smallest absolute Gasteiger partial charge is 0.409 e. The highest BCUT2D eigenvalue weighted by Crippen LogP contribution is 2.60. The molecule has 0 aliphatic heterocycles. The summed E-state index contributed by atoms with van der Waals surface area (Å²) in [6, 6.07) is 0. The minimum Gasteiger partial charge on any atom is -0.409 e. The van der Waals surface area contributed by atoms with E-state index in [4.69, 9.17) is 33.0 Å². The molecular formula is C3H6Cl2O7P2. The van der Waals surface area contributed by atoms with Gasteiger partial charge >= 0.3 is 15.6 Å². The standard InChI is InChI=1S/C3H6Cl2O7P2/c1-10-14(9,11-2-3(4)5)12-13(6,7)8/h2H,1H3,(H2,6,7,8). The second kappa shape index (κ2) is 5.49. The summed E-state index contributed by atoms with van der Waals surface area (Å²) in [5, 5.41) is 0. The molecule has 0 spiro atoms. The van der Waals surface area contributed by atoms with E-state index >= 15 is 0 Å². The SMILES string of the molecule is COP(=O)(OC=C(Cl)Cl)OP(=O)(O)O. The summed E-state index contributed by atoms with van der Waals surface area (Å²) >= 11 is 10.2. The summed E-state index contributed by atoms with van der Waals surface area (Å²) in [6.45, 7) is 0. The lowest BCUT2D eigenvalue weighted by Gasteiger charge is -2.13. The Kier molecular flexibility index (Phi) is 5.65. The monoisotopic (exact) mass is 286 g/mol. The lowest BCUT2D eigenvalue weighted by atomic mass is 11.2. The van der Waals surface area contributed by atoms with Gasteiger partial charge in [-0.3, -0.25) is 4.52 Å². The molecule has 0 rings (SSSR count). The Labute approximate surface area is 89.4 Å². The molecule has 0 bridgehead atoms. The Morgan fingerprint density at radius 3 is 2.14 bits per heavy atom. The Hall–Kier alpha value is 0.420. The quantitative estimate of drug-likeness (QED) is 0.589. The van der Waals surface area contributed by atoms with Crippen LogP contribution in [-0.4, -0.2) is 16.9 Å². The van der Waals surface area contributed by atoms with E-state index in [-0.39, 0.29) is 0 Å². The molecule has 0 heterocycles. The van der Waals surface area contributed by atoms with Crippen LogP contribution in [-0.2, 0) is 22.5 Å². The van der Waals surface area contributed by atoms with E-state index in [1.165, 1.54) is 0 Å². The van der Waals surface area contributed by atoms with Gasteiger partial charge in [-0.1, -0.05) is 23.2 Å². The van der Waals surface area contributed by atoms with Gasteiger partial charge in [0, 0.05) is 7.11 Å². The summed E-state index contributed by atoms with van der Waals surface area (Å²) in [4.78, 5) is 16.6. The summed E-state index contributed by atoms with van der Waals surface area (Å²) in [6.07, 6.45) is 0.559. The Bertz CT molecular complexity index is 304. The van der Waals surface area contributed by atoms with Gasteiger partial charge in [-0.15, -0.1) is 0 Å². The van der Waals surface area contributed by atoms with Crippen LogP contribution in [0.25, 0.3) is 0 Å². The molecule has 7 nitrogen and oxygen atoms in total. The predicted octanol–water partition coefficient (Wildman–Crippen LogP) is 2.14. The molecule has 1 atom stereocenters. The zero-order chi connectivity index (χ0) is 11.4. The topological polar surface area (TPSA) is 102 Å². The molecule has 1 unspecified atom stereocenters. The second-order valence-electron chi connectivity index (χ2n) is 1.71. The van der Waals surface area contributed by atoms with Gasteiger partial charge in [-0.05, 0) is 0 Å². The van der Waals surface area contributed by atoms with Crippen molar-refractivity contribution in [1.82, 2.24) is 0 Å². The number of phosphoric acid groups is 2. The highest BCUT2D eigenvalue weighted by Gasteiger charge is 2.35. The summed E-state index contributed by atoms with van der Waals surface area (Å²) in [7, 11) is -8.51. The molecule has 11 heteroatoms. The van der Waals surface area contributed by atoms with Gasteiger partial charge in [0.2, 0.25) is 0 Å². The van der Waals surface area contributed by atoms with Crippen molar-refractivity contribution in [3.8, 4) is 0 Å². The summed E-state index contributed by atoms with van der Waals surface area (Å²) < 4.78 is 33.1. The number of hydrogen-bond donors (Lipinski definition) is 2. The van der Waals surface area contributed by atoms with Gasteiger partial charge in [0.15, 0.2) is 0 Å². The molecule has 0 aliphatic carbocycles. The average Bonchev–Trinajstić information content (AvgIpc) is 1.98. The van der Waals surface area contributed by atoms with Crippen LogP contribution in [0.4, 0.5) is 0 Å². The minimum absolute atomic E-state index is 0.420. The van der Waals surface area contributed by atoms with Crippen LogP contribution in [0, 0.1) is 0 Å². The first-order valence-corrected chi connectivity index (χ1v) is 6.55. The van der Waals surface area contributed by atoms with Crippen molar-refractivity contribution in [2.45, 2.75) is 0 Å². The van der Waals surface area contributed by atoms with Crippen LogP contribution < -0.4 is 0 Å². The van der Waals surface area contributed by atoms with Gasteiger partial charge in [0.25, 0.3) is 0 Å².